The third-order valence-corrected chi connectivity index (χ3v) is 8.13. The summed E-state index contributed by atoms with van der Waals surface area (Å²) in [5.41, 5.74) is 3.14. The number of fused-ring (bicyclic) bond motifs is 3. The minimum absolute atomic E-state index is 0.0267. The third kappa shape index (κ3) is 3.01. The van der Waals surface area contributed by atoms with Crippen molar-refractivity contribution in [3.8, 4) is 0 Å². The van der Waals surface area contributed by atoms with Crippen LogP contribution in [-0.4, -0.2) is 40.4 Å². The number of sulfone groups is 1. The first-order chi connectivity index (χ1) is 14.3. The molecular weight excluding hydrogens is 424 g/mol. The van der Waals surface area contributed by atoms with Crippen LogP contribution in [0.15, 0.2) is 36.8 Å². The summed E-state index contributed by atoms with van der Waals surface area (Å²) in [6, 6.07) is 5.66. The van der Waals surface area contributed by atoms with Crippen LogP contribution in [-0.2, 0) is 33.1 Å². The fourth-order valence-corrected chi connectivity index (χ4v) is 5.29. The van der Waals surface area contributed by atoms with Gasteiger partial charge in [0.2, 0.25) is 5.91 Å². The Kier molecular flexibility index (Phi) is 4.41. The highest BCUT2D eigenvalue weighted by Gasteiger charge is 2.59. The summed E-state index contributed by atoms with van der Waals surface area (Å²) in [4.78, 5) is 23.4. The van der Waals surface area contributed by atoms with E-state index in [9.17, 15) is 13.2 Å². The molecule has 5 rings (SSSR count). The van der Waals surface area contributed by atoms with Gasteiger partial charge < -0.3 is 9.47 Å². The van der Waals surface area contributed by atoms with Gasteiger partial charge in [-0.2, -0.15) is 0 Å². The number of carbonyl (C=O) groups is 1. The zero-order chi connectivity index (χ0) is 21.1. The second-order valence-electron chi connectivity index (χ2n) is 7.96. The first-order valence-electron chi connectivity index (χ1n) is 9.95. The number of aryl methyl sites for hydroxylation is 1. The van der Waals surface area contributed by atoms with Crippen molar-refractivity contribution in [3.63, 3.8) is 0 Å². The van der Waals surface area contributed by atoms with Crippen LogP contribution in [0.1, 0.15) is 31.0 Å². The van der Waals surface area contributed by atoms with Crippen molar-refractivity contribution in [2.24, 2.45) is 0 Å². The average molecular weight is 445 g/mol. The number of pyridine rings is 2. The van der Waals surface area contributed by atoms with Crippen LogP contribution < -0.4 is 4.90 Å². The standard InChI is InChI=1S/C21H21ClN4O3S/c1-2-30(28,29)8-7-25-15(9-14-10-19(22)24-12-17(14)25)13-26-18-11-23-6-3-16(18)21(4-5-21)20(26)27/h3,6,9-12H,2,4-5,7-8,13H2,1H3. The predicted molar refractivity (Wildman–Crippen MR) is 115 cm³/mol. The van der Waals surface area contributed by atoms with Crippen LogP contribution in [0, 0.1) is 0 Å². The molecule has 0 saturated heterocycles. The van der Waals surface area contributed by atoms with E-state index in [4.69, 9.17) is 11.6 Å². The summed E-state index contributed by atoms with van der Waals surface area (Å²) < 4.78 is 26.2. The van der Waals surface area contributed by atoms with E-state index in [0.717, 1.165) is 40.7 Å². The van der Waals surface area contributed by atoms with E-state index in [-0.39, 0.29) is 17.4 Å². The molecule has 3 aromatic heterocycles. The average Bonchev–Trinajstić information content (AvgIpc) is 3.42. The molecule has 7 nitrogen and oxygen atoms in total. The highest BCUT2D eigenvalue weighted by molar-refractivity contribution is 7.91. The van der Waals surface area contributed by atoms with Crippen LogP contribution >= 0.6 is 11.6 Å². The van der Waals surface area contributed by atoms with Gasteiger partial charge in [-0.1, -0.05) is 18.5 Å². The minimum Gasteiger partial charge on any atom is -0.341 e. The Balaban J connectivity index is 1.56. The summed E-state index contributed by atoms with van der Waals surface area (Å²) in [7, 11) is -3.14. The maximum atomic E-state index is 13.3. The number of amides is 1. The molecule has 1 aliphatic heterocycles. The largest absolute Gasteiger partial charge is 0.341 e. The van der Waals surface area contributed by atoms with Crippen LogP contribution in [0.2, 0.25) is 5.15 Å². The molecule has 2 aliphatic rings. The number of nitrogens with zero attached hydrogens (tertiary/aromatic N) is 4. The number of aromatic nitrogens is 3. The molecule has 1 fully saturated rings. The molecule has 1 saturated carbocycles. The van der Waals surface area contributed by atoms with Crippen molar-refractivity contribution in [2.75, 3.05) is 16.4 Å². The molecular formula is C21H21ClN4O3S. The normalized spacial score (nSPS) is 17.1. The van der Waals surface area contributed by atoms with Crippen LogP contribution in [0.4, 0.5) is 5.69 Å². The lowest BCUT2D eigenvalue weighted by Crippen LogP contribution is -2.32. The number of hydrogen-bond donors (Lipinski definition) is 0. The second-order valence-corrected chi connectivity index (χ2v) is 10.8. The number of rotatable bonds is 6. The summed E-state index contributed by atoms with van der Waals surface area (Å²) >= 11 is 6.07. The molecule has 0 atom stereocenters. The topological polar surface area (TPSA) is 85.2 Å². The van der Waals surface area contributed by atoms with Gasteiger partial charge in [0, 0.05) is 29.6 Å². The Labute approximate surface area is 179 Å². The first kappa shape index (κ1) is 19.5. The van der Waals surface area contributed by atoms with E-state index in [1.165, 1.54) is 0 Å². The Hall–Kier alpha value is -2.45. The molecule has 1 aliphatic carbocycles. The first-order valence-corrected chi connectivity index (χ1v) is 12.2. The van der Waals surface area contributed by atoms with E-state index in [1.807, 2.05) is 16.7 Å². The molecule has 0 aromatic carbocycles. The van der Waals surface area contributed by atoms with E-state index >= 15 is 0 Å². The smallest absolute Gasteiger partial charge is 0.238 e. The number of hydrogen-bond acceptors (Lipinski definition) is 5. The van der Waals surface area contributed by atoms with Gasteiger partial charge in [0.15, 0.2) is 9.84 Å². The molecule has 3 aromatic rings. The van der Waals surface area contributed by atoms with Gasteiger partial charge in [-0.05, 0) is 36.6 Å². The summed E-state index contributed by atoms with van der Waals surface area (Å²) in [6.07, 6.45) is 6.85. The van der Waals surface area contributed by atoms with Gasteiger partial charge in [0.05, 0.1) is 41.3 Å². The minimum atomic E-state index is -3.14. The number of carbonyl (C=O) groups excluding carboxylic acids is 1. The number of anilines is 1. The van der Waals surface area contributed by atoms with Gasteiger partial charge in [-0.15, -0.1) is 0 Å². The van der Waals surface area contributed by atoms with Crippen molar-refractivity contribution >= 4 is 43.9 Å². The lowest BCUT2D eigenvalue weighted by Gasteiger charge is -2.19. The van der Waals surface area contributed by atoms with Gasteiger partial charge in [0.25, 0.3) is 0 Å². The number of halogens is 1. The monoisotopic (exact) mass is 444 g/mol. The van der Waals surface area contributed by atoms with Gasteiger partial charge in [-0.25, -0.2) is 13.4 Å². The van der Waals surface area contributed by atoms with Crippen LogP contribution in [0.25, 0.3) is 10.9 Å². The van der Waals surface area contributed by atoms with Gasteiger partial charge in [0.1, 0.15) is 5.15 Å². The molecule has 4 heterocycles. The van der Waals surface area contributed by atoms with E-state index in [2.05, 4.69) is 9.97 Å². The summed E-state index contributed by atoms with van der Waals surface area (Å²) in [5.74, 6) is 0.219. The molecule has 1 spiro atoms. The van der Waals surface area contributed by atoms with Crippen LogP contribution in [0.5, 0.6) is 0 Å². The lowest BCUT2D eigenvalue weighted by atomic mass is 9.99. The fourth-order valence-electron chi connectivity index (χ4n) is 4.38. The zero-order valence-corrected chi connectivity index (χ0v) is 18.1. The Morgan fingerprint density at radius 2 is 2.03 bits per heavy atom. The lowest BCUT2D eigenvalue weighted by molar-refractivity contribution is -0.120. The van der Waals surface area contributed by atoms with E-state index < -0.39 is 15.3 Å². The highest BCUT2D eigenvalue weighted by Crippen LogP contribution is 2.57. The molecule has 9 heteroatoms. The molecule has 0 bridgehead atoms. The molecule has 30 heavy (non-hydrogen) atoms. The maximum Gasteiger partial charge on any atom is 0.238 e. The predicted octanol–water partition coefficient (Wildman–Crippen LogP) is 3.10. The van der Waals surface area contributed by atoms with Gasteiger partial charge in [-0.3, -0.25) is 9.78 Å². The molecule has 0 unspecified atom stereocenters. The van der Waals surface area contributed by atoms with Crippen LogP contribution in [0.3, 0.4) is 0 Å². The second kappa shape index (κ2) is 6.78. The van der Waals surface area contributed by atoms with Crippen molar-refractivity contribution in [1.29, 1.82) is 0 Å². The Morgan fingerprint density at radius 3 is 2.77 bits per heavy atom. The summed E-state index contributed by atoms with van der Waals surface area (Å²) in [6.45, 7) is 2.29. The SMILES string of the molecule is CCS(=O)(=O)CCn1c(CN2C(=O)C3(CC3)c3ccncc32)cc2cc(Cl)ncc21. The van der Waals surface area contributed by atoms with E-state index in [0.29, 0.717) is 18.2 Å². The Morgan fingerprint density at radius 1 is 1.23 bits per heavy atom. The quantitative estimate of drug-likeness (QED) is 0.545. The Bertz CT molecular complexity index is 1280. The zero-order valence-electron chi connectivity index (χ0n) is 16.5. The highest BCUT2D eigenvalue weighted by atomic mass is 35.5. The molecule has 0 radical (unpaired) electrons. The molecule has 156 valence electrons. The molecule has 0 N–H and O–H groups in total. The summed E-state index contributed by atoms with van der Waals surface area (Å²) in [5, 5.41) is 1.24. The van der Waals surface area contributed by atoms with Crippen molar-refractivity contribution in [3.05, 3.63) is 53.2 Å². The van der Waals surface area contributed by atoms with Crippen molar-refractivity contribution in [2.45, 2.75) is 38.3 Å². The van der Waals surface area contributed by atoms with E-state index in [1.54, 1.807) is 36.5 Å². The van der Waals surface area contributed by atoms with Crippen molar-refractivity contribution < 1.29 is 13.2 Å². The maximum absolute atomic E-state index is 13.3. The fraction of sp³-hybridized carbons (Fsp3) is 0.381. The van der Waals surface area contributed by atoms with Gasteiger partial charge >= 0.3 is 0 Å². The molecule has 1 amide bonds. The third-order valence-electron chi connectivity index (χ3n) is 6.24. The van der Waals surface area contributed by atoms with Crippen molar-refractivity contribution in [1.82, 2.24) is 14.5 Å².